The Morgan fingerprint density at radius 3 is 2.68 bits per heavy atom. The highest BCUT2D eigenvalue weighted by Gasteiger charge is 2.19. The molecule has 0 saturated carbocycles. The highest BCUT2D eigenvalue weighted by molar-refractivity contribution is 5.82. The van der Waals surface area contributed by atoms with Crippen LogP contribution in [-0.2, 0) is 11.2 Å². The van der Waals surface area contributed by atoms with Gasteiger partial charge in [-0.3, -0.25) is 0 Å². The Bertz CT molecular complexity index is 404. The van der Waals surface area contributed by atoms with Crippen LogP contribution >= 0.6 is 0 Å². The molecule has 0 aliphatic rings. The van der Waals surface area contributed by atoms with Gasteiger partial charge in [0.15, 0.2) is 6.04 Å². The SMILES string of the molecule is CC(CCc1ccco1)NC(=O)NC(CO)C(=O)O. The zero-order valence-electron chi connectivity index (χ0n) is 10.6. The Morgan fingerprint density at radius 1 is 1.42 bits per heavy atom. The smallest absolute Gasteiger partial charge is 0.328 e. The molecule has 1 aromatic heterocycles. The van der Waals surface area contributed by atoms with Crippen LogP contribution in [0.5, 0.6) is 0 Å². The number of hydrogen-bond acceptors (Lipinski definition) is 4. The number of amides is 2. The van der Waals surface area contributed by atoms with E-state index < -0.39 is 24.6 Å². The van der Waals surface area contributed by atoms with Gasteiger partial charge in [-0.2, -0.15) is 0 Å². The minimum Gasteiger partial charge on any atom is -0.480 e. The predicted molar refractivity (Wildman–Crippen MR) is 66.7 cm³/mol. The van der Waals surface area contributed by atoms with Gasteiger partial charge in [-0.25, -0.2) is 9.59 Å². The van der Waals surface area contributed by atoms with Gasteiger partial charge in [0.25, 0.3) is 0 Å². The molecule has 1 heterocycles. The standard InChI is InChI=1S/C12H18N2O5/c1-8(4-5-9-3-2-6-19-9)13-12(18)14-10(7-15)11(16)17/h2-3,6,8,10,15H,4-5,7H2,1H3,(H,16,17)(H2,13,14,18). The Balaban J connectivity index is 2.29. The van der Waals surface area contributed by atoms with Gasteiger partial charge in [-0.15, -0.1) is 0 Å². The number of aliphatic hydroxyl groups excluding tert-OH is 1. The lowest BCUT2D eigenvalue weighted by molar-refractivity contribution is -0.140. The molecule has 2 atom stereocenters. The molecule has 106 valence electrons. The minimum atomic E-state index is -1.29. The number of carboxylic acids is 1. The zero-order chi connectivity index (χ0) is 14.3. The van der Waals surface area contributed by atoms with Crippen LogP contribution in [0.25, 0.3) is 0 Å². The third-order valence-electron chi connectivity index (χ3n) is 2.57. The molecular weight excluding hydrogens is 252 g/mol. The van der Waals surface area contributed by atoms with E-state index in [1.807, 2.05) is 6.07 Å². The van der Waals surface area contributed by atoms with Crippen LogP contribution in [0.4, 0.5) is 4.79 Å². The van der Waals surface area contributed by atoms with Crippen LogP contribution < -0.4 is 10.6 Å². The van der Waals surface area contributed by atoms with Gasteiger partial charge in [0.2, 0.25) is 0 Å². The number of furan rings is 1. The molecule has 2 amide bonds. The van der Waals surface area contributed by atoms with Crippen LogP contribution in [0.1, 0.15) is 19.1 Å². The van der Waals surface area contributed by atoms with E-state index in [1.165, 1.54) is 0 Å². The van der Waals surface area contributed by atoms with Crippen LogP contribution in [-0.4, -0.2) is 40.9 Å². The van der Waals surface area contributed by atoms with Gasteiger partial charge in [0, 0.05) is 12.5 Å². The van der Waals surface area contributed by atoms with Crippen molar-refractivity contribution in [3.8, 4) is 0 Å². The zero-order valence-corrected chi connectivity index (χ0v) is 10.6. The molecule has 0 aliphatic heterocycles. The summed E-state index contributed by atoms with van der Waals surface area (Å²) in [6.07, 6.45) is 2.92. The number of carbonyl (C=O) groups excluding carboxylic acids is 1. The fourth-order valence-corrected chi connectivity index (χ4v) is 1.49. The summed E-state index contributed by atoms with van der Waals surface area (Å²) in [6.45, 7) is 1.15. The van der Waals surface area contributed by atoms with E-state index in [4.69, 9.17) is 14.6 Å². The van der Waals surface area contributed by atoms with Crippen LogP contribution in [0.3, 0.4) is 0 Å². The van der Waals surface area contributed by atoms with E-state index in [0.29, 0.717) is 12.8 Å². The first-order chi connectivity index (χ1) is 9.02. The van der Waals surface area contributed by atoms with E-state index in [2.05, 4.69) is 10.6 Å². The number of aryl methyl sites for hydroxylation is 1. The Hall–Kier alpha value is -2.02. The molecule has 4 N–H and O–H groups in total. The molecule has 2 unspecified atom stereocenters. The fourth-order valence-electron chi connectivity index (χ4n) is 1.49. The lowest BCUT2D eigenvalue weighted by Gasteiger charge is -2.16. The molecule has 0 spiro atoms. The summed E-state index contributed by atoms with van der Waals surface area (Å²) in [5.41, 5.74) is 0. The van der Waals surface area contributed by atoms with Crippen molar-refractivity contribution in [2.75, 3.05) is 6.61 Å². The van der Waals surface area contributed by atoms with E-state index in [-0.39, 0.29) is 6.04 Å². The lowest BCUT2D eigenvalue weighted by Crippen LogP contribution is -2.50. The monoisotopic (exact) mass is 270 g/mol. The molecule has 1 aromatic rings. The van der Waals surface area contributed by atoms with Crippen LogP contribution in [0.2, 0.25) is 0 Å². The van der Waals surface area contributed by atoms with E-state index in [1.54, 1.807) is 19.3 Å². The molecule has 1 rings (SSSR count). The number of carbonyl (C=O) groups is 2. The maximum atomic E-state index is 11.5. The van der Waals surface area contributed by atoms with Crippen LogP contribution in [0.15, 0.2) is 22.8 Å². The van der Waals surface area contributed by atoms with Crippen molar-refractivity contribution in [1.29, 1.82) is 0 Å². The Morgan fingerprint density at radius 2 is 2.16 bits per heavy atom. The second kappa shape index (κ2) is 7.42. The predicted octanol–water partition coefficient (Wildman–Crippen LogP) is 0.345. The number of aliphatic hydroxyl groups is 1. The number of urea groups is 1. The number of rotatable bonds is 7. The number of carboxylic acid groups (broad SMARTS) is 1. The Labute approximate surface area is 110 Å². The van der Waals surface area contributed by atoms with Gasteiger partial charge in [0.1, 0.15) is 5.76 Å². The van der Waals surface area contributed by atoms with Gasteiger partial charge in [-0.05, 0) is 25.5 Å². The van der Waals surface area contributed by atoms with Crippen molar-refractivity contribution < 1.29 is 24.2 Å². The van der Waals surface area contributed by atoms with Crippen LogP contribution in [0, 0.1) is 0 Å². The average Bonchev–Trinajstić information content (AvgIpc) is 2.86. The summed E-state index contributed by atoms with van der Waals surface area (Å²) in [7, 11) is 0. The molecule has 7 nitrogen and oxygen atoms in total. The van der Waals surface area contributed by atoms with E-state index in [9.17, 15) is 9.59 Å². The summed E-state index contributed by atoms with van der Waals surface area (Å²) in [5, 5.41) is 22.2. The second-order valence-corrected chi connectivity index (χ2v) is 4.21. The molecule has 0 radical (unpaired) electrons. The van der Waals surface area contributed by atoms with Gasteiger partial charge >= 0.3 is 12.0 Å². The first kappa shape index (κ1) is 15.0. The molecule has 0 aromatic carbocycles. The largest absolute Gasteiger partial charge is 0.480 e. The number of aliphatic carboxylic acids is 1. The van der Waals surface area contributed by atoms with Crippen molar-refractivity contribution in [3.63, 3.8) is 0 Å². The summed E-state index contributed by atoms with van der Waals surface area (Å²) in [6, 6.07) is 1.58. The van der Waals surface area contributed by atoms with Gasteiger partial charge in [0.05, 0.1) is 12.9 Å². The molecule has 0 bridgehead atoms. The molecule has 0 saturated heterocycles. The van der Waals surface area contributed by atoms with Gasteiger partial charge in [-0.1, -0.05) is 0 Å². The number of nitrogens with one attached hydrogen (secondary N) is 2. The third kappa shape index (κ3) is 5.43. The van der Waals surface area contributed by atoms with E-state index in [0.717, 1.165) is 5.76 Å². The highest BCUT2D eigenvalue weighted by atomic mass is 16.4. The minimum absolute atomic E-state index is 0.141. The normalized spacial score (nSPS) is 13.6. The summed E-state index contributed by atoms with van der Waals surface area (Å²) < 4.78 is 5.16. The summed E-state index contributed by atoms with van der Waals surface area (Å²) in [5.74, 6) is -0.450. The van der Waals surface area contributed by atoms with Crippen molar-refractivity contribution in [1.82, 2.24) is 10.6 Å². The van der Waals surface area contributed by atoms with Gasteiger partial charge < -0.3 is 25.3 Å². The first-order valence-electron chi connectivity index (χ1n) is 5.96. The van der Waals surface area contributed by atoms with Crippen molar-refractivity contribution >= 4 is 12.0 Å². The lowest BCUT2D eigenvalue weighted by atomic mass is 10.1. The molecule has 0 fully saturated rings. The number of hydrogen-bond donors (Lipinski definition) is 4. The summed E-state index contributed by atoms with van der Waals surface area (Å²) in [4.78, 5) is 22.1. The molecule has 0 aliphatic carbocycles. The van der Waals surface area contributed by atoms with E-state index >= 15 is 0 Å². The first-order valence-corrected chi connectivity index (χ1v) is 5.96. The maximum absolute atomic E-state index is 11.5. The third-order valence-corrected chi connectivity index (χ3v) is 2.57. The van der Waals surface area contributed by atoms with Crippen molar-refractivity contribution in [3.05, 3.63) is 24.2 Å². The van der Waals surface area contributed by atoms with Crippen molar-refractivity contribution in [2.24, 2.45) is 0 Å². The molecule has 7 heteroatoms. The second-order valence-electron chi connectivity index (χ2n) is 4.21. The molecule has 19 heavy (non-hydrogen) atoms. The average molecular weight is 270 g/mol. The topological polar surface area (TPSA) is 112 Å². The Kier molecular flexibility index (Phi) is 5.87. The highest BCUT2D eigenvalue weighted by Crippen LogP contribution is 2.05. The quantitative estimate of drug-likeness (QED) is 0.571. The van der Waals surface area contributed by atoms with Crippen molar-refractivity contribution in [2.45, 2.75) is 31.8 Å². The maximum Gasteiger partial charge on any atom is 0.328 e. The summed E-state index contributed by atoms with van der Waals surface area (Å²) >= 11 is 0. The molecular formula is C12H18N2O5. The fraction of sp³-hybridized carbons (Fsp3) is 0.500.